The number of hydrogen-bond acceptors (Lipinski definition) is 0. The van der Waals surface area contributed by atoms with Gasteiger partial charge >= 0.3 is 0 Å². The summed E-state index contributed by atoms with van der Waals surface area (Å²) in [5.41, 5.74) is 0. The summed E-state index contributed by atoms with van der Waals surface area (Å²) in [6.07, 6.45) is 12.9. The Morgan fingerprint density at radius 3 is 1.58 bits per heavy atom. The van der Waals surface area contributed by atoms with Crippen LogP contribution in [0.3, 0.4) is 0 Å². The Bertz CT molecular complexity index is 70.6. The fourth-order valence-electron chi connectivity index (χ4n) is 0.340. The summed E-state index contributed by atoms with van der Waals surface area (Å²) in [6, 6.07) is 0. The molecule has 0 N–H and O–H groups in total. The van der Waals surface area contributed by atoms with Crippen molar-refractivity contribution in [3.05, 3.63) is 39.2 Å². The Morgan fingerprint density at radius 1 is 1.08 bits per heavy atom. The summed E-state index contributed by atoms with van der Waals surface area (Å²) in [4.78, 5) is 0. The van der Waals surface area contributed by atoms with Gasteiger partial charge in [-0.15, -0.1) is 29.6 Å². The van der Waals surface area contributed by atoms with Crippen molar-refractivity contribution in [3.63, 3.8) is 0 Å². The van der Waals surface area contributed by atoms with Crippen LogP contribution in [0.1, 0.15) is 6.42 Å². The normalized spacial score (nSPS) is 8.33. The molecular weight excluding hydrogens is 357 g/mol. The van der Waals surface area contributed by atoms with Crippen molar-refractivity contribution < 1.29 is 25.8 Å². The molecule has 0 amide bonds. The number of alkyl halides is 2. The summed E-state index contributed by atoms with van der Waals surface area (Å²) in [7, 11) is 0. The van der Waals surface area contributed by atoms with E-state index < -0.39 is 0 Å². The monoisotopic (exact) mass is 375 g/mol. The van der Waals surface area contributed by atoms with E-state index in [-0.39, 0.29) is 40.7 Å². The van der Waals surface area contributed by atoms with Crippen molar-refractivity contribution in [2.45, 2.75) is 6.42 Å². The number of hydrogen-bond donors (Lipinski definition) is 0. The second kappa shape index (κ2) is 40.5. The quantitative estimate of drug-likeness (QED) is 0.343. The molecule has 0 aromatic rings. The van der Waals surface area contributed by atoms with Gasteiger partial charge in [0, 0.05) is 38.6 Å². The van der Waals surface area contributed by atoms with Gasteiger partial charge < -0.3 is 14.9 Å². The van der Waals surface area contributed by atoms with Crippen LogP contribution in [0.2, 0.25) is 0 Å². The van der Waals surface area contributed by atoms with Gasteiger partial charge in [0.2, 0.25) is 0 Å². The third kappa shape index (κ3) is 30.6. The van der Waals surface area contributed by atoms with Crippen LogP contribution in [0.15, 0.2) is 18.2 Å². The predicted octanol–water partition coefficient (Wildman–Crippen LogP) is 3.91. The summed E-state index contributed by atoms with van der Waals surface area (Å²) in [5, 5.41) is 0. The van der Waals surface area contributed by atoms with Crippen LogP contribution >= 0.6 is 23.2 Å². The molecule has 1 rings (SSSR count). The largest absolute Gasteiger partial charge is 0.358 e. The van der Waals surface area contributed by atoms with Crippen molar-refractivity contribution in [3.8, 4) is 0 Å². The van der Waals surface area contributed by atoms with Crippen LogP contribution in [-0.4, -0.2) is 12.8 Å². The van der Waals surface area contributed by atoms with Crippen molar-refractivity contribution >= 4 is 23.2 Å². The Morgan fingerprint density at radius 2 is 1.50 bits per heavy atom. The van der Waals surface area contributed by atoms with Crippen molar-refractivity contribution in [2.75, 3.05) is 12.8 Å². The van der Waals surface area contributed by atoms with E-state index in [1.807, 2.05) is 12.2 Å². The van der Waals surface area contributed by atoms with Gasteiger partial charge in [0.1, 0.15) is 0 Å². The molecule has 3 heteroatoms. The minimum Gasteiger partial charge on any atom is -0.358 e. The molecule has 0 aromatic carbocycles. The molecule has 0 aromatic heterocycles. The van der Waals surface area contributed by atoms with Gasteiger partial charge in [0.05, 0.1) is 0 Å². The van der Waals surface area contributed by atoms with E-state index in [1.54, 1.807) is 0 Å². The molecule has 0 atom stereocenters. The zero-order valence-corrected chi connectivity index (χ0v) is 13.3. The molecule has 0 bridgehead atoms. The van der Waals surface area contributed by atoms with E-state index in [0.29, 0.717) is 0 Å². The second-order valence-corrected chi connectivity index (χ2v) is 1.00. The fraction of sp³-hybridized carbons (Fsp3) is 0.333. The third-order valence-electron chi connectivity index (χ3n) is 0.586. The van der Waals surface area contributed by atoms with E-state index in [4.69, 9.17) is 0 Å². The molecule has 1 aliphatic carbocycles. The van der Waals surface area contributed by atoms with Gasteiger partial charge in [-0.25, -0.2) is 12.2 Å². The molecular formula is C9H17Cl2Hf-3. The second-order valence-electron chi connectivity index (χ2n) is 1.00. The first-order valence-electron chi connectivity index (χ1n) is 2.47. The molecule has 74 valence electrons. The molecule has 0 saturated carbocycles. The average Bonchev–Trinajstić information content (AvgIpc) is 2.51. The molecule has 0 radical (unpaired) electrons. The Labute approximate surface area is 107 Å². The summed E-state index contributed by atoms with van der Waals surface area (Å²) >= 11 is 9.28. The van der Waals surface area contributed by atoms with Gasteiger partial charge in [0.25, 0.3) is 0 Å². The molecule has 0 heterocycles. The van der Waals surface area contributed by atoms with Gasteiger partial charge in [-0.1, -0.05) is 0 Å². The Kier molecular flexibility index (Phi) is 98.8. The van der Waals surface area contributed by atoms with Crippen molar-refractivity contribution in [1.82, 2.24) is 0 Å². The first-order chi connectivity index (χ1) is 4.50. The Hall–Kier alpha value is 0.930. The van der Waals surface area contributed by atoms with Gasteiger partial charge in [-0.2, -0.15) is 6.08 Å². The van der Waals surface area contributed by atoms with Crippen LogP contribution < -0.4 is 0 Å². The maximum absolute atomic E-state index is 4.64. The molecule has 1 aliphatic rings. The molecule has 0 aliphatic heterocycles. The van der Waals surface area contributed by atoms with E-state index in [2.05, 4.69) is 35.4 Å². The van der Waals surface area contributed by atoms with Crippen molar-refractivity contribution in [1.29, 1.82) is 0 Å². The molecule has 0 fully saturated rings. The molecule has 0 unspecified atom stereocenters. The smallest absolute Gasteiger partial charge is 0.0108 e. The van der Waals surface area contributed by atoms with E-state index >= 15 is 0 Å². The molecule has 0 nitrogen and oxygen atoms in total. The van der Waals surface area contributed by atoms with Gasteiger partial charge in [-0.05, 0) is 0 Å². The first-order valence-corrected chi connectivity index (χ1v) is 3.98. The van der Waals surface area contributed by atoms with E-state index in [1.165, 1.54) is 12.8 Å². The number of halogens is 2. The first kappa shape index (κ1) is 29.3. The van der Waals surface area contributed by atoms with Crippen LogP contribution in [-0.2, 0) is 25.8 Å². The standard InChI is InChI=1S/C5H5.2CH3Cl.2CH3.Hf/c1-2-4-5-3-1;2*1-2;;;/h1-3H,4H2;2*1H3;2*1H3;/q-1;;;2*-1;. The van der Waals surface area contributed by atoms with Crippen molar-refractivity contribution in [2.24, 2.45) is 0 Å². The summed E-state index contributed by atoms with van der Waals surface area (Å²) < 4.78 is 0. The fourth-order valence-corrected chi connectivity index (χ4v) is 0.340. The number of allylic oxidation sites excluding steroid dienone is 4. The SMILES string of the molecule is CCl.CCl.[C-]1=CC=CC1.[CH3-].[CH3-].[Hf]. The van der Waals surface area contributed by atoms with Crippen LogP contribution in [0.4, 0.5) is 0 Å². The average molecular weight is 375 g/mol. The zero-order chi connectivity index (χ0) is 7.54. The van der Waals surface area contributed by atoms with Crippen LogP contribution in [0.25, 0.3) is 0 Å². The maximum Gasteiger partial charge on any atom is 0.0108 e. The molecule has 0 spiro atoms. The van der Waals surface area contributed by atoms with Crippen LogP contribution in [0, 0.1) is 20.9 Å². The van der Waals surface area contributed by atoms with Gasteiger partial charge in [-0.3, -0.25) is 6.08 Å². The zero-order valence-electron chi connectivity index (χ0n) is 8.20. The predicted molar refractivity (Wildman–Crippen MR) is 58.0 cm³/mol. The number of rotatable bonds is 0. The topological polar surface area (TPSA) is 0 Å². The maximum atomic E-state index is 4.64. The minimum absolute atomic E-state index is 0. The van der Waals surface area contributed by atoms with Gasteiger partial charge in [0.15, 0.2) is 0 Å². The van der Waals surface area contributed by atoms with E-state index in [0.717, 1.165) is 6.42 Å². The molecule has 12 heavy (non-hydrogen) atoms. The summed E-state index contributed by atoms with van der Waals surface area (Å²) in [6.45, 7) is 0. The third-order valence-corrected chi connectivity index (χ3v) is 0.586. The van der Waals surface area contributed by atoms with Crippen LogP contribution in [0.5, 0.6) is 0 Å². The Balaban J connectivity index is -0.0000000213. The van der Waals surface area contributed by atoms with E-state index in [9.17, 15) is 0 Å². The summed E-state index contributed by atoms with van der Waals surface area (Å²) in [5.74, 6) is 0. The minimum atomic E-state index is 0. The molecule has 0 saturated heterocycles.